The summed E-state index contributed by atoms with van der Waals surface area (Å²) in [6.07, 6.45) is 0.533. The zero-order chi connectivity index (χ0) is 24.1. The third-order valence-electron chi connectivity index (χ3n) is 5.29. The second-order valence-corrected chi connectivity index (χ2v) is 8.53. The van der Waals surface area contributed by atoms with Gasteiger partial charge in [0.2, 0.25) is 0 Å². The van der Waals surface area contributed by atoms with E-state index < -0.39 is 5.97 Å². The number of hydrogen-bond acceptors (Lipinski definition) is 8. The average Bonchev–Trinajstić information content (AvgIpc) is 3.18. The largest absolute Gasteiger partial charge is 1.00 e. The van der Waals surface area contributed by atoms with Gasteiger partial charge in [0, 0.05) is 28.3 Å². The molecule has 0 aliphatic heterocycles. The fraction of sp³-hybridized carbons (Fsp3) is 0.192. The molecule has 0 radical (unpaired) electrons. The van der Waals surface area contributed by atoms with E-state index in [-0.39, 0.29) is 36.1 Å². The average molecular weight is 502 g/mol. The van der Waals surface area contributed by atoms with Crippen LogP contribution in [-0.4, -0.2) is 33.8 Å². The number of carbonyl (C=O) groups excluding carboxylic acids is 1. The zero-order valence-electron chi connectivity index (χ0n) is 20.0. The number of nitrogens with one attached hydrogen (secondary N) is 1. The second kappa shape index (κ2) is 12.2. The van der Waals surface area contributed by atoms with Gasteiger partial charge in [0.05, 0.1) is 38.7 Å². The number of carboxylic acids is 1. The Morgan fingerprint density at radius 1 is 0.914 bits per heavy atom. The SMILES string of the molecule is COc1ccc(Oc2c(Cc3ccccc3NCC(=O)[O-])sc3cc(OC)c(OC)cc23)cc1.[Na+]. The Balaban J connectivity index is 0.00000342. The van der Waals surface area contributed by atoms with Crippen LogP contribution in [0.2, 0.25) is 0 Å². The summed E-state index contributed by atoms with van der Waals surface area (Å²) in [6, 6.07) is 18.8. The van der Waals surface area contributed by atoms with Crippen LogP contribution in [0.15, 0.2) is 60.7 Å². The van der Waals surface area contributed by atoms with Gasteiger partial charge in [-0.25, -0.2) is 0 Å². The van der Waals surface area contributed by atoms with Crippen molar-refractivity contribution in [2.24, 2.45) is 0 Å². The Morgan fingerprint density at radius 3 is 2.23 bits per heavy atom. The van der Waals surface area contributed by atoms with E-state index in [4.69, 9.17) is 18.9 Å². The number of hydrogen-bond donors (Lipinski definition) is 1. The summed E-state index contributed by atoms with van der Waals surface area (Å²) in [5, 5.41) is 14.8. The van der Waals surface area contributed by atoms with Crippen molar-refractivity contribution >= 4 is 33.1 Å². The van der Waals surface area contributed by atoms with E-state index in [1.54, 1.807) is 32.7 Å². The quantitative estimate of drug-likeness (QED) is 0.329. The maximum absolute atomic E-state index is 11.0. The molecule has 1 aromatic heterocycles. The van der Waals surface area contributed by atoms with Crippen LogP contribution in [0.25, 0.3) is 10.1 Å². The molecule has 35 heavy (non-hydrogen) atoms. The van der Waals surface area contributed by atoms with Gasteiger partial charge < -0.3 is 34.2 Å². The summed E-state index contributed by atoms with van der Waals surface area (Å²) in [6.45, 7) is -0.271. The normalized spacial score (nSPS) is 10.4. The first-order valence-corrected chi connectivity index (χ1v) is 11.3. The zero-order valence-corrected chi connectivity index (χ0v) is 22.9. The third-order valence-corrected chi connectivity index (χ3v) is 6.42. The van der Waals surface area contributed by atoms with E-state index in [2.05, 4.69) is 5.32 Å². The number of benzene rings is 3. The monoisotopic (exact) mass is 501 g/mol. The number of rotatable bonds is 10. The number of carbonyl (C=O) groups is 1. The summed E-state index contributed by atoms with van der Waals surface area (Å²) in [5.41, 5.74) is 1.67. The van der Waals surface area contributed by atoms with Crippen molar-refractivity contribution in [2.75, 3.05) is 33.2 Å². The molecule has 4 rings (SSSR count). The first kappa shape index (κ1) is 26.7. The van der Waals surface area contributed by atoms with Crippen molar-refractivity contribution in [3.05, 3.63) is 71.1 Å². The van der Waals surface area contributed by atoms with Crippen molar-refractivity contribution in [1.29, 1.82) is 0 Å². The van der Waals surface area contributed by atoms with E-state index in [0.717, 1.165) is 32.0 Å². The Labute approximate surface area is 229 Å². The fourth-order valence-corrected chi connectivity index (χ4v) is 4.79. The van der Waals surface area contributed by atoms with Crippen LogP contribution in [0.5, 0.6) is 28.7 Å². The van der Waals surface area contributed by atoms with Gasteiger partial charge in [-0.15, -0.1) is 11.3 Å². The standard InChI is InChI=1S/C26H25NO6S.Na/c1-30-17-8-10-18(11-9-17)33-26-19-13-21(31-2)22(32-3)14-23(19)34-24(26)12-16-6-4-5-7-20(16)27-15-25(28)29;/h4-11,13-14,27H,12,15H2,1-3H3,(H,28,29);/q;+1/p-1. The molecule has 0 saturated heterocycles. The van der Waals surface area contributed by atoms with Gasteiger partial charge in [-0.3, -0.25) is 0 Å². The number of methoxy groups -OCH3 is 3. The van der Waals surface area contributed by atoms with Gasteiger partial charge in [-0.2, -0.15) is 0 Å². The van der Waals surface area contributed by atoms with E-state index >= 15 is 0 Å². The number of carboxylic acid groups (broad SMARTS) is 1. The summed E-state index contributed by atoms with van der Waals surface area (Å²) in [5.74, 6) is 2.19. The number of aliphatic carboxylic acids is 1. The molecule has 0 bridgehead atoms. The van der Waals surface area contributed by atoms with Crippen molar-refractivity contribution < 1.29 is 58.4 Å². The molecule has 0 fully saturated rings. The Hall–Kier alpha value is -2.91. The molecule has 176 valence electrons. The number of fused-ring (bicyclic) bond motifs is 1. The minimum absolute atomic E-state index is 0. The smallest absolute Gasteiger partial charge is 0.548 e. The Morgan fingerprint density at radius 2 is 1.57 bits per heavy atom. The van der Waals surface area contributed by atoms with Crippen LogP contribution < -0.4 is 58.9 Å². The van der Waals surface area contributed by atoms with Gasteiger partial charge in [-0.1, -0.05) is 18.2 Å². The minimum atomic E-state index is -1.17. The molecule has 0 unspecified atom stereocenters. The van der Waals surface area contributed by atoms with E-state index in [1.165, 1.54) is 0 Å². The molecule has 9 heteroatoms. The van der Waals surface area contributed by atoms with Crippen molar-refractivity contribution in [2.45, 2.75) is 6.42 Å². The molecular formula is C26H24NNaO6S. The van der Waals surface area contributed by atoms with E-state index in [0.29, 0.717) is 29.4 Å². The van der Waals surface area contributed by atoms with Crippen molar-refractivity contribution in [3.63, 3.8) is 0 Å². The van der Waals surface area contributed by atoms with Crippen molar-refractivity contribution in [1.82, 2.24) is 0 Å². The molecule has 0 aliphatic rings. The summed E-state index contributed by atoms with van der Waals surface area (Å²) in [7, 11) is 4.82. The molecule has 1 heterocycles. The van der Waals surface area contributed by atoms with Crippen LogP contribution in [0.4, 0.5) is 5.69 Å². The molecule has 3 aromatic carbocycles. The van der Waals surface area contributed by atoms with Gasteiger partial charge in [-0.05, 0) is 42.0 Å². The second-order valence-electron chi connectivity index (χ2n) is 7.39. The number of anilines is 1. The topological polar surface area (TPSA) is 89.1 Å². The molecule has 4 aromatic rings. The maximum Gasteiger partial charge on any atom is 1.00 e. The molecule has 0 aliphatic carbocycles. The first-order valence-electron chi connectivity index (χ1n) is 10.5. The predicted molar refractivity (Wildman–Crippen MR) is 131 cm³/mol. The summed E-state index contributed by atoms with van der Waals surface area (Å²) in [4.78, 5) is 11.9. The molecule has 0 atom stereocenters. The molecule has 7 nitrogen and oxygen atoms in total. The molecule has 1 N–H and O–H groups in total. The van der Waals surface area contributed by atoms with E-state index in [1.807, 2.05) is 60.7 Å². The molecule has 0 spiro atoms. The van der Waals surface area contributed by atoms with Gasteiger partial charge in [0.15, 0.2) is 11.5 Å². The Bertz CT molecular complexity index is 1310. The maximum atomic E-state index is 11.0. The fourth-order valence-electron chi connectivity index (χ4n) is 3.63. The van der Waals surface area contributed by atoms with Crippen LogP contribution in [0, 0.1) is 0 Å². The summed E-state index contributed by atoms with van der Waals surface area (Å²) < 4.78 is 23.6. The number of para-hydroxylation sites is 1. The van der Waals surface area contributed by atoms with Crippen LogP contribution in [-0.2, 0) is 11.2 Å². The van der Waals surface area contributed by atoms with Crippen LogP contribution in [0.3, 0.4) is 0 Å². The van der Waals surface area contributed by atoms with E-state index in [9.17, 15) is 9.90 Å². The third kappa shape index (κ3) is 6.21. The first-order chi connectivity index (χ1) is 16.5. The number of thiophene rings is 1. The van der Waals surface area contributed by atoms with Gasteiger partial charge in [0.25, 0.3) is 0 Å². The van der Waals surface area contributed by atoms with Gasteiger partial charge >= 0.3 is 29.6 Å². The summed E-state index contributed by atoms with van der Waals surface area (Å²) >= 11 is 1.59. The minimum Gasteiger partial charge on any atom is -0.548 e. The molecule has 0 amide bonds. The van der Waals surface area contributed by atoms with Crippen LogP contribution >= 0.6 is 11.3 Å². The van der Waals surface area contributed by atoms with Crippen molar-refractivity contribution in [3.8, 4) is 28.7 Å². The molecular weight excluding hydrogens is 477 g/mol. The van der Waals surface area contributed by atoms with Crippen LogP contribution in [0.1, 0.15) is 10.4 Å². The van der Waals surface area contributed by atoms with Gasteiger partial charge in [0.1, 0.15) is 17.2 Å². The predicted octanol–water partition coefficient (Wildman–Crippen LogP) is 1.48. The number of ether oxygens (including phenoxy) is 4. The Kier molecular flexibility index (Phi) is 9.28. The molecule has 0 saturated carbocycles.